The number of carbonyl (C=O) groups excluding carboxylic acids is 1. The van der Waals surface area contributed by atoms with Gasteiger partial charge in [-0.05, 0) is 113 Å². The molecule has 4 rings (SSSR count). The highest BCUT2D eigenvalue weighted by Crippen LogP contribution is 2.40. The molecule has 3 fully saturated rings. The number of likely N-dealkylation sites (tertiary alicyclic amines) is 1. The van der Waals surface area contributed by atoms with Crippen LogP contribution >= 0.6 is 0 Å². The molecule has 0 N–H and O–H groups in total. The lowest BCUT2D eigenvalue weighted by Gasteiger charge is -2.41. The van der Waals surface area contributed by atoms with Gasteiger partial charge in [-0.3, -0.25) is 4.79 Å². The Morgan fingerprint density at radius 3 is 2.24 bits per heavy atom. The SMILES string of the molecule is CCOC(=O)C1CCN(C2CCCC(c3ccc(OC4CCC(C(C)(C)C)CC4)cc3)C2)CC1. The third-order valence-corrected chi connectivity index (χ3v) is 8.87. The Labute approximate surface area is 207 Å². The van der Waals surface area contributed by atoms with Crippen molar-refractivity contribution in [3.05, 3.63) is 29.8 Å². The summed E-state index contributed by atoms with van der Waals surface area (Å²) in [6.07, 6.45) is 12.3. The molecule has 0 spiro atoms. The molecule has 4 heteroatoms. The quantitative estimate of drug-likeness (QED) is 0.422. The number of piperidine rings is 1. The van der Waals surface area contributed by atoms with Gasteiger partial charge in [0.15, 0.2) is 0 Å². The van der Waals surface area contributed by atoms with Crippen molar-refractivity contribution in [2.75, 3.05) is 19.7 Å². The highest BCUT2D eigenvalue weighted by atomic mass is 16.5. The molecule has 0 radical (unpaired) electrons. The fraction of sp³-hybridized carbons (Fsp3) is 0.767. The minimum Gasteiger partial charge on any atom is -0.490 e. The maximum Gasteiger partial charge on any atom is 0.309 e. The van der Waals surface area contributed by atoms with Gasteiger partial charge in [-0.25, -0.2) is 0 Å². The summed E-state index contributed by atoms with van der Waals surface area (Å²) in [6, 6.07) is 9.70. The summed E-state index contributed by atoms with van der Waals surface area (Å²) in [5.41, 5.74) is 1.89. The molecular formula is C30H47NO3. The predicted molar refractivity (Wildman–Crippen MR) is 138 cm³/mol. The Morgan fingerprint density at radius 2 is 1.62 bits per heavy atom. The largest absolute Gasteiger partial charge is 0.490 e. The van der Waals surface area contributed by atoms with Gasteiger partial charge in [-0.15, -0.1) is 0 Å². The lowest BCUT2D eigenvalue weighted by atomic mass is 9.72. The summed E-state index contributed by atoms with van der Waals surface area (Å²) in [6.45, 7) is 11.6. The van der Waals surface area contributed by atoms with E-state index in [-0.39, 0.29) is 11.9 Å². The van der Waals surface area contributed by atoms with Crippen LogP contribution in [-0.2, 0) is 9.53 Å². The molecule has 1 aromatic carbocycles. The number of ether oxygens (including phenoxy) is 2. The van der Waals surface area contributed by atoms with Crippen LogP contribution in [0.25, 0.3) is 0 Å². The van der Waals surface area contributed by atoms with E-state index in [0.29, 0.717) is 30.1 Å². The van der Waals surface area contributed by atoms with Crippen molar-refractivity contribution in [1.82, 2.24) is 4.90 Å². The first-order valence-electron chi connectivity index (χ1n) is 14.0. The van der Waals surface area contributed by atoms with Crippen LogP contribution in [0.2, 0.25) is 0 Å². The monoisotopic (exact) mass is 469 g/mol. The van der Waals surface area contributed by atoms with Crippen LogP contribution in [0.5, 0.6) is 5.75 Å². The molecule has 0 bridgehead atoms. The molecule has 2 atom stereocenters. The molecule has 4 nitrogen and oxygen atoms in total. The zero-order valence-electron chi connectivity index (χ0n) is 22.1. The first kappa shape index (κ1) is 25.5. The highest BCUT2D eigenvalue weighted by Gasteiger charge is 2.33. The van der Waals surface area contributed by atoms with Crippen molar-refractivity contribution < 1.29 is 14.3 Å². The molecule has 3 aliphatic rings. The van der Waals surface area contributed by atoms with Gasteiger partial charge in [0.2, 0.25) is 0 Å². The Hall–Kier alpha value is -1.55. The van der Waals surface area contributed by atoms with Crippen LogP contribution in [0.1, 0.15) is 103 Å². The molecule has 0 amide bonds. The van der Waals surface area contributed by atoms with E-state index in [0.717, 1.165) is 37.6 Å². The van der Waals surface area contributed by atoms with Crippen molar-refractivity contribution >= 4 is 5.97 Å². The van der Waals surface area contributed by atoms with Crippen LogP contribution in [0.15, 0.2) is 24.3 Å². The van der Waals surface area contributed by atoms with E-state index in [2.05, 4.69) is 49.9 Å². The zero-order chi connectivity index (χ0) is 24.1. The minimum atomic E-state index is 0.00762. The summed E-state index contributed by atoms with van der Waals surface area (Å²) in [7, 11) is 0. The minimum absolute atomic E-state index is 0.00762. The number of nitrogens with zero attached hydrogens (tertiary/aromatic N) is 1. The number of rotatable bonds is 6. The fourth-order valence-electron chi connectivity index (χ4n) is 6.62. The summed E-state index contributed by atoms with van der Waals surface area (Å²) in [5.74, 6) is 2.61. The van der Waals surface area contributed by atoms with E-state index in [4.69, 9.17) is 9.47 Å². The van der Waals surface area contributed by atoms with Gasteiger partial charge in [-0.1, -0.05) is 39.3 Å². The fourth-order valence-corrected chi connectivity index (χ4v) is 6.62. The van der Waals surface area contributed by atoms with Gasteiger partial charge in [0, 0.05) is 6.04 Å². The summed E-state index contributed by atoms with van der Waals surface area (Å²) >= 11 is 0. The molecule has 1 heterocycles. The second kappa shape index (κ2) is 11.5. The topological polar surface area (TPSA) is 38.8 Å². The van der Waals surface area contributed by atoms with E-state index >= 15 is 0 Å². The first-order chi connectivity index (χ1) is 16.3. The van der Waals surface area contributed by atoms with E-state index in [1.807, 2.05) is 6.92 Å². The molecule has 2 unspecified atom stereocenters. The maximum atomic E-state index is 12.1. The highest BCUT2D eigenvalue weighted by molar-refractivity contribution is 5.72. The van der Waals surface area contributed by atoms with E-state index in [9.17, 15) is 4.79 Å². The number of carbonyl (C=O) groups is 1. The second-order valence-electron chi connectivity index (χ2n) is 12.1. The molecule has 1 saturated heterocycles. The summed E-state index contributed by atoms with van der Waals surface area (Å²) < 4.78 is 11.6. The van der Waals surface area contributed by atoms with Gasteiger partial charge in [0.05, 0.1) is 18.6 Å². The molecule has 34 heavy (non-hydrogen) atoms. The molecule has 2 saturated carbocycles. The lowest BCUT2D eigenvalue weighted by Crippen LogP contribution is -2.44. The Morgan fingerprint density at radius 1 is 0.941 bits per heavy atom. The molecule has 190 valence electrons. The average Bonchev–Trinajstić information content (AvgIpc) is 2.85. The van der Waals surface area contributed by atoms with E-state index in [1.165, 1.54) is 56.9 Å². The molecule has 1 aromatic rings. The van der Waals surface area contributed by atoms with Gasteiger partial charge in [0.1, 0.15) is 5.75 Å². The van der Waals surface area contributed by atoms with Crippen molar-refractivity contribution in [1.29, 1.82) is 0 Å². The Balaban J connectivity index is 1.25. The van der Waals surface area contributed by atoms with Crippen LogP contribution in [0, 0.1) is 17.3 Å². The van der Waals surface area contributed by atoms with Crippen LogP contribution in [-0.4, -0.2) is 42.7 Å². The van der Waals surface area contributed by atoms with Gasteiger partial charge < -0.3 is 14.4 Å². The van der Waals surface area contributed by atoms with Crippen LogP contribution < -0.4 is 4.74 Å². The van der Waals surface area contributed by atoms with Gasteiger partial charge in [-0.2, -0.15) is 0 Å². The summed E-state index contributed by atoms with van der Waals surface area (Å²) in [4.78, 5) is 14.7. The van der Waals surface area contributed by atoms with Gasteiger partial charge in [0.25, 0.3) is 0 Å². The van der Waals surface area contributed by atoms with Crippen molar-refractivity contribution in [3.8, 4) is 5.75 Å². The number of esters is 1. The predicted octanol–water partition coefficient (Wildman–Crippen LogP) is 6.97. The van der Waals surface area contributed by atoms with Gasteiger partial charge >= 0.3 is 5.97 Å². The molecular weight excluding hydrogens is 422 g/mol. The molecule has 1 aliphatic heterocycles. The first-order valence-corrected chi connectivity index (χ1v) is 14.0. The van der Waals surface area contributed by atoms with Crippen LogP contribution in [0.3, 0.4) is 0 Å². The second-order valence-corrected chi connectivity index (χ2v) is 12.1. The number of hydrogen-bond donors (Lipinski definition) is 0. The van der Waals surface area contributed by atoms with Crippen molar-refractivity contribution in [2.45, 2.75) is 110 Å². The molecule has 0 aromatic heterocycles. The van der Waals surface area contributed by atoms with Crippen molar-refractivity contribution in [2.24, 2.45) is 17.3 Å². The third kappa shape index (κ3) is 6.56. The smallest absolute Gasteiger partial charge is 0.309 e. The summed E-state index contributed by atoms with van der Waals surface area (Å²) in [5, 5.41) is 0. The van der Waals surface area contributed by atoms with E-state index in [1.54, 1.807) is 0 Å². The van der Waals surface area contributed by atoms with Crippen molar-refractivity contribution in [3.63, 3.8) is 0 Å². The van der Waals surface area contributed by atoms with Crippen LogP contribution in [0.4, 0.5) is 0 Å². The Kier molecular flexibility index (Phi) is 8.61. The zero-order valence-corrected chi connectivity index (χ0v) is 22.1. The normalized spacial score (nSPS) is 29.5. The Bertz CT molecular complexity index is 767. The van der Waals surface area contributed by atoms with E-state index < -0.39 is 0 Å². The number of benzene rings is 1. The molecule has 2 aliphatic carbocycles. The number of hydrogen-bond acceptors (Lipinski definition) is 4. The maximum absolute atomic E-state index is 12.1. The average molecular weight is 470 g/mol. The lowest BCUT2D eigenvalue weighted by molar-refractivity contribution is -0.149. The standard InChI is InChI=1S/C30H47NO3/c1-5-33-29(32)23-17-19-31(20-18-23)26-8-6-7-24(21-26)22-9-13-27(14-10-22)34-28-15-11-25(12-16-28)30(2,3)4/h9-10,13-14,23-26,28H,5-8,11-12,15-21H2,1-4H3. The third-order valence-electron chi connectivity index (χ3n) is 8.87.